The highest BCUT2D eigenvalue weighted by Crippen LogP contribution is 2.19. The molecule has 0 atom stereocenters. The molecule has 0 spiro atoms. The monoisotopic (exact) mass is 309 g/mol. The Labute approximate surface area is 113 Å². The van der Waals surface area contributed by atoms with Crippen LogP contribution in [-0.2, 0) is 11.3 Å². The predicted molar refractivity (Wildman–Crippen MR) is 69.5 cm³/mol. The van der Waals surface area contributed by atoms with E-state index >= 15 is 0 Å². The van der Waals surface area contributed by atoms with Crippen LogP contribution in [0.1, 0.15) is 16.2 Å². The minimum absolute atomic E-state index is 0.156. The van der Waals surface area contributed by atoms with Gasteiger partial charge in [-0.25, -0.2) is 0 Å². The zero-order chi connectivity index (χ0) is 13.0. The molecular formula is C12H12BrN3O2. The minimum Gasteiger partial charge on any atom is -0.383 e. The molecule has 2 heterocycles. The Balaban J connectivity index is 2.32. The van der Waals surface area contributed by atoms with Crippen LogP contribution in [0.5, 0.6) is 0 Å². The maximum atomic E-state index is 12.3. The second-order valence-corrected chi connectivity index (χ2v) is 4.46. The largest absolute Gasteiger partial charge is 0.383 e. The summed E-state index contributed by atoms with van der Waals surface area (Å²) in [5.74, 6) is -0.156. The van der Waals surface area contributed by atoms with Gasteiger partial charge in [-0.15, -0.1) is 0 Å². The molecule has 0 unspecified atom stereocenters. The molecule has 0 saturated carbocycles. The summed E-state index contributed by atoms with van der Waals surface area (Å²) in [5.41, 5.74) is 0.892. The van der Waals surface area contributed by atoms with Crippen LogP contribution in [0.4, 0.5) is 0 Å². The first kappa shape index (κ1) is 12.9. The number of halogens is 1. The van der Waals surface area contributed by atoms with Gasteiger partial charge in [-0.2, -0.15) is 5.10 Å². The van der Waals surface area contributed by atoms with E-state index in [2.05, 4.69) is 26.0 Å². The highest BCUT2D eigenvalue weighted by Gasteiger charge is 2.19. The van der Waals surface area contributed by atoms with Gasteiger partial charge in [0.1, 0.15) is 11.4 Å². The first-order chi connectivity index (χ1) is 8.74. The lowest BCUT2D eigenvalue weighted by Gasteiger charge is -2.06. The molecule has 18 heavy (non-hydrogen) atoms. The lowest BCUT2D eigenvalue weighted by Crippen LogP contribution is -2.15. The average molecular weight is 310 g/mol. The Morgan fingerprint density at radius 3 is 3.00 bits per heavy atom. The lowest BCUT2D eigenvalue weighted by molar-refractivity contribution is 0.102. The van der Waals surface area contributed by atoms with E-state index in [9.17, 15) is 4.79 Å². The van der Waals surface area contributed by atoms with E-state index in [1.807, 2.05) is 0 Å². The average Bonchev–Trinajstić information content (AvgIpc) is 2.77. The summed E-state index contributed by atoms with van der Waals surface area (Å²) in [6, 6.07) is 5.24. The summed E-state index contributed by atoms with van der Waals surface area (Å²) in [4.78, 5) is 16.4. The number of hydrogen-bond donors (Lipinski definition) is 0. The van der Waals surface area contributed by atoms with Crippen molar-refractivity contribution in [3.8, 4) is 0 Å². The van der Waals surface area contributed by atoms with Gasteiger partial charge in [0.05, 0.1) is 23.8 Å². The molecule has 2 aromatic heterocycles. The first-order valence-corrected chi connectivity index (χ1v) is 6.19. The Bertz CT molecular complexity index is 540. The molecule has 0 aliphatic heterocycles. The molecule has 6 heteroatoms. The standard InChI is InChI=1S/C12H12BrN3O2/c1-18-7-6-16-11(9(13)8-15-16)12(17)10-4-2-3-5-14-10/h2-5,8H,6-7H2,1H3. The normalized spacial score (nSPS) is 10.6. The Morgan fingerprint density at radius 1 is 1.50 bits per heavy atom. The number of carbonyl (C=O) groups is 1. The quantitative estimate of drug-likeness (QED) is 0.792. The third-order valence-corrected chi connectivity index (χ3v) is 2.99. The van der Waals surface area contributed by atoms with Crippen LogP contribution in [0.15, 0.2) is 35.1 Å². The van der Waals surface area contributed by atoms with Crippen molar-refractivity contribution in [1.82, 2.24) is 14.8 Å². The van der Waals surface area contributed by atoms with Crippen molar-refractivity contribution >= 4 is 21.7 Å². The molecule has 0 aliphatic carbocycles. The highest BCUT2D eigenvalue weighted by atomic mass is 79.9. The van der Waals surface area contributed by atoms with Crippen molar-refractivity contribution in [3.63, 3.8) is 0 Å². The molecule has 5 nitrogen and oxygen atoms in total. The molecule has 0 aromatic carbocycles. The van der Waals surface area contributed by atoms with E-state index in [1.165, 1.54) is 0 Å². The van der Waals surface area contributed by atoms with Gasteiger partial charge in [-0.3, -0.25) is 14.5 Å². The number of ketones is 1. The van der Waals surface area contributed by atoms with Gasteiger partial charge < -0.3 is 4.74 Å². The van der Waals surface area contributed by atoms with E-state index in [1.54, 1.807) is 42.4 Å². The molecule has 0 radical (unpaired) electrons. The number of rotatable bonds is 5. The van der Waals surface area contributed by atoms with E-state index in [0.29, 0.717) is 29.0 Å². The van der Waals surface area contributed by atoms with Crippen molar-refractivity contribution in [1.29, 1.82) is 0 Å². The van der Waals surface area contributed by atoms with Gasteiger partial charge >= 0.3 is 0 Å². The van der Waals surface area contributed by atoms with Gasteiger partial charge in [0, 0.05) is 13.3 Å². The number of pyridine rings is 1. The second kappa shape index (κ2) is 5.88. The molecule has 0 aliphatic rings. The molecular weight excluding hydrogens is 298 g/mol. The van der Waals surface area contributed by atoms with Crippen LogP contribution in [-0.4, -0.2) is 34.3 Å². The van der Waals surface area contributed by atoms with Crippen LogP contribution in [0.25, 0.3) is 0 Å². The van der Waals surface area contributed by atoms with Gasteiger partial charge in [0.25, 0.3) is 0 Å². The molecule has 0 amide bonds. The van der Waals surface area contributed by atoms with Crippen molar-refractivity contribution < 1.29 is 9.53 Å². The van der Waals surface area contributed by atoms with Crippen molar-refractivity contribution in [2.75, 3.05) is 13.7 Å². The maximum absolute atomic E-state index is 12.3. The fourth-order valence-corrected chi connectivity index (χ4v) is 2.03. The van der Waals surface area contributed by atoms with Gasteiger partial charge in [0.2, 0.25) is 5.78 Å². The lowest BCUT2D eigenvalue weighted by atomic mass is 10.2. The zero-order valence-electron chi connectivity index (χ0n) is 9.84. The topological polar surface area (TPSA) is 57.0 Å². The van der Waals surface area contributed by atoms with E-state index in [-0.39, 0.29) is 5.78 Å². The number of carbonyl (C=O) groups excluding carboxylic acids is 1. The smallest absolute Gasteiger partial charge is 0.230 e. The van der Waals surface area contributed by atoms with E-state index < -0.39 is 0 Å². The van der Waals surface area contributed by atoms with Crippen LogP contribution >= 0.6 is 15.9 Å². The predicted octanol–water partition coefficient (Wildman–Crippen LogP) is 1.92. The van der Waals surface area contributed by atoms with Crippen molar-refractivity contribution in [3.05, 3.63) is 46.5 Å². The zero-order valence-corrected chi connectivity index (χ0v) is 11.4. The summed E-state index contributed by atoms with van der Waals surface area (Å²) in [7, 11) is 1.61. The Hall–Kier alpha value is -1.53. The molecule has 0 N–H and O–H groups in total. The summed E-state index contributed by atoms with van der Waals surface area (Å²) < 4.78 is 7.27. The fraction of sp³-hybridized carbons (Fsp3) is 0.250. The van der Waals surface area contributed by atoms with Gasteiger partial charge in [-0.05, 0) is 28.1 Å². The third-order valence-electron chi connectivity index (χ3n) is 2.41. The van der Waals surface area contributed by atoms with Crippen LogP contribution < -0.4 is 0 Å². The summed E-state index contributed by atoms with van der Waals surface area (Å²) >= 11 is 3.33. The minimum atomic E-state index is -0.156. The summed E-state index contributed by atoms with van der Waals surface area (Å²) in [6.45, 7) is 1.02. The number of hydrogen-bond acceptors (Lipinski definition) is 4. The van der Waals surface area contributed by atoms with Gasteiger partial charge in [-0.1, -0.05) is 6.07 Å². The van der Waals surface area contributed by atoms with Gasteiger partial charge in [0.15, 0.2) is 0 Å². The van der Waals surface area contributed by atoms with Crippen molar-refractivity contribution in [2.45, 2.75) is 6.54 Å². The molecule has 2 rings (SSSR count). The first-order valence-electron chi connectivity index (χ1n) is 5.40. The Morgan fingerprint density at radius 2 is 2.33 bits per heavy atom. The summed E-state index contributed by atoms with van der Waals surface area (Å²) in [6.07, 6.45) is 3.20. The Kier molecular flexibility index (Phi) is 4.22. The fourth-order valence-electron chi connectivity index (χ4n) is 1.55. The molecule has 0 fully saturated rings. The number of methoxy groups -OCH3 is 1. The second-order valence-electron chi connectivity index (χ2n) is 3.60. The van der Waals surface area contributed by atoms with E-state index in [4.69, 9.17) is 4.74 Å². The number of nitrogens with zero attached hydrogens (tertiary/aromatic N) is 3. The highest BCUT2D eigenvalue weighted by molar-refractivity contribution is 9.10. The van der Waals surface area contributed by atoms with Crippen LogP contribution in [0, 0.1) is 0 Å². The molecule has 0 saturated heterocycles. The SMILES string of the molecule is COCCn1ncc(Br)c1C(=O)c1ccccn1. The summed E-state index contributed by atoms with van der Waals surface area (Å²) in [5, 5.41) is 4.14. The molecule has 0 bridgehead atoms. The number of ether oxygens (including phenoxy) is 1. The van der Waals surface area contributed by atoms with Crippen LogP contribution in [0.3, 0.4) is 0 Å². The third kappa shape index (κ3) is 2.65. The number of aromatic nitrogens is 3. The molecule has 94 valence electrons. The maximum Gasteiger partial charge on any atom is 0.230 e. The van der Waals surface area contributed by atoms with Crippen LogP contribution in [0.2, 0.25) is 0 Å². The van der Waals surface area contributed by atoms with E-state index in [0.717, 1.165) is 0 Å². The van der Waals surface area contributed by atoms with Crippen molar-refractivity contribution in [2.24, 2.45) is 0 Å². The molecule has 2 aromatic rings.